The van der Waals surface area contributed by atoms with Crippen LogP contribution in [0.1, 0.15) is 49.4 Å². The lowest BCUT2D eigenvalue weighted by molar-refractivity contribution is 0.0469. The summed E-state index contributed by atoms with van der Waals surface area (Å²) >= 11 is 0. The average Bonchev–Trinajstić information content (AvgIpc) is 2.63. The van der Waals surface area contributed by atoms with Crippen LogP contribution in [0.25, 0.3) is 0 Å². The predicted octanol–water partition coefficient (Wildman–Crippen LogP) is 2.54. The summed E-state index contributed by atoms with van der Waals surface area (Å²) in [5.41, 5.74) is 0.600. The van der Waals surface area contributed by atoms with E-state index in [-0.39, 0.29) is 5.91 Å². The van der Waals surface area contributed by atoms with Crippen LogP contribution in [-0.4, -0.2) is 65.7 Å². The molecule has 2 heterocycles. The number of aliphatic hydroxyl groups is 1. The number of hydrogen-bond acceptors (Lipinski definition) is 4. The molecule has 0 bridgehead atoms. The Morgan fingerprint density at radius 3 is 2.84 bits per heavy atom. The van der Waals surface area contributed by atoms with E-state index in [9.17, 15) is 9.90 Å². The second-order valence-corrected chi connectivity index (χ2v) is 7.27. The number of carbonyl (C=O) groups excluding carboxylic acids is 1. The van der Waals surface area contributed by atoms with Gasteiger partial charge < -0.3 is 14.7 Å². The molecular weight excluding hydrogens is 316 g/mol. The van der Waals surface area contributed by atoms with Gasteiger partial charge in [-0.2, -0.15) is 0 Å². The summed E-state index contributed by atoms with van der Waals surface area (Å²) in [4.78, 5) is 17.0. The maximum absolute atomic E-state index is 12.8. The molecule has 2 atom stereocenters. The molecule has 0 radical (unpaired) electrons. The van der Waals surface area contributed by atoms with Crippen molar-refractivity contribution in [1.82, 2.24) is 9.80 Å². The number of benzene rings is 1. The van der Waals surface area contributed by atoms with Crippen molar-refractivity contribution in [3.8, 4) is 5.75 Å². The summed E-state index contributed by atoms with van der Waals surface area (Å²) in [5, 5.41) is 9.82. The quantitative estimate of drug-likeness (QED) is 0.890. The lowest BCUT2D eigenvalue weighted by Crippen LogP contribution is -2.42. The van der Waals surface area contributed by atoms with Gasteiger partial charge in [-0.15, -0.1) is 0 Å². The molecular formula is C20H30N2O3. The van der Waals surface area contributed by atoms with E-state index in [1.807, 2.05) is 24.3 Å². The normalized spacial score (nSPS) is 25.0. The van der Waals surface area contributed by atoms with Crippen LogP contribution in [-0.2, 0) is 0 Å². The van der Waals surface area contributed by atoms with E-state index < -0.39 is 6.10 Å². The van der Waals surface area contributed by atoms with Gasteiger partial charge >= 0.3 is 0 Å². The Kier molecular flexibility index (Phi) is 6.32. The first-order valence-corrected chi connectivity index (χ1v) is 9.58. The molecule has 0 aliphatic carbocycles. The first-order chi connectivity index (χ1) is 12.1. The highest BCUT2D eigenvalue weighted by molar-refractivity contribution is 5.97. The first-order valence-electron chi connectivity index (χ1n) is 9.58. The Labute approximate surface area is 150 Å². The van der Waals surface area contributed by atoms with Crippen LogP contribution in [0.5, 0.6) is 5.75 Å². The molecule has 1 aromatic rings. The Morgan fingerprint density at radius 2 is 2.04 bits per heavy atom. The molecule has 2 saturated heterocycles. The highest BCUT2D eigenvalue weighted by atomic mass is 16.5. The number of nitrogens with zero attached hydrogens (tertiary/aromatic N) is 2. The van der Waals surface area contributed by atoms with Crippen LogP contribution >= 0.6 is 0 Å². The zero-order valence-electron chi connectivity index (χ0n) is 15.2. The Hall–Kier alpha value is -1.59. The van der Waals surface area contributed by atoms with Gasteiger partial charge in [-0.3, -0.25) is 9.69 Å². The second-order valence-electron chi connectivity index (χ2n) is 7.27. The SMILES string of the molecule is CC1CCCCN1CCOc1ccccc1C(=O)N1CCCC(O)C1. The van der Waals surface area contributed by atoms with E-state index in [1.165, 1.54) is 19.3 Å². The maximum atomic E-state index is 12.8. The van der Waals surface area contributed by atoms with E-state index in [2.05, 4.69) is 11.8 Å². The molecule has 1 amide bonds. The zero-order valence-corrected chi connectivity index (χ0v) is 15.2. The highest BCUT2D eigenvalue weighted by Crippen LogP contribution is 2.22. The third kappa shape index (κ3) is 4.73. The van der Waals surface area contributed by atoms with E-state index in [4.69, 9.17) is 4.74 Å². The fourth-order valence-corrected chi connectivity index (χ4v) is 3.84. The number of piperidine rings is 2. The molecule has 0 spiro atoms. The molecule has 5 nitrogen and oxygen atoms in total. The van der Waals surface area contributed by atoms with Gasteiger partial charge in [0.15, 0.2) is 0 Å². The molecule has 2 fully saturated rings. The summed E-state index contributed by atoms with van der Waals surface area (Å²) in [7, 11) is 0. The molecule has 25 heavy (non-hydrogen) atoms. The monoisotopic (exact) mass is 346 g/mol. The molecule has 2 unspecified atom stereocenters. The van der Waals surface area contributed by atoms with Gasteiger partial charge in [-0.1, -0.05) is 18.6 Å². The van der Waals surface area contributed by atoms with Crippen LogP contribution in [0.3, 0.4) is 0 Å². The molecule has 5 heteroatoms. The lowest BCUT2D eigenvalue weighted by atomic mass is 10.0. The molecule has 1 aromatic carbocycles. The van der Waals surface area contributed by atoms with Crippen LogP contribution in [0.4, 0.5) is 0 Å². The summed E-state index contributed by atoms with van der Waals surface area (Å²) in [6.45, 7) is 6.02. The van der Waals surface area contributed by atoms with Crippen LogP contribution in [0, 0.1) is 0 Å². The number of aliphatic hydroxyl groups excluding tert-OH is 1. The topological polar surface area (TPSA) is 53.0 Å². The third-order valence-corrected chi connectivity index (χ3v) is 5.38. The molecule has 2 aliphatic heterocycles. The van der Waals surface area contributed by atoms with E-state index in [0.29, 0.717) is 37.1 Å². The number of hydrogen-bond donors (Lipinski definition) is 1. The minimum absolute atomic E-state index is 0.0410. The van der Waals surface area contributed by atoms with Gasteiger partial charge in [0.05, 0.1) is 11.7 Å². The number of carbonyl (C=O) groups is 1. The van der Waals surface area contributed by atoms with Gasteiger partial charge in [0, 0.05) is 25.7 Å². The van der Waals surface area contributed by atoms with Crippen LogP contribution in [0.15, 0.2) is 24.3 Å². The van der Waals surface area contributed by atoms with Gasteiger partial charge in [-0.25, -0.2) is 0 Å². The molecule has 0 aromatic heterocycles. The van der Waals surface area contributed by atoms with Gasteiger partial charge in [0.25, 0.3) is 5.91 Å². The molecule has 0 saturated carbocycles. The van der Waals surface area contributed by atoms with Crippen molar-refractivity contribution in [3.05, 3.63) is 29.8 Å². The summed E-state index contributed by atoms with van der Waals surface area (Å²) in [6, 6.07) is 8.08. The minimum Gasteiger partial charge on any atom is -0.491 e. The van der Waals surface area contributed by atoms with Crippen molar-refractivity contribution < 1.29 is 14.6 Å². The van der Waals surface area contributed by atoms with Crippen molar-refractivity contribution in [2.24, 2.45) is 0 Å². The predicted molar refractivity (Wildman–Crippen MR) is 98.0 cm³/mol. The number of β-amino-alcohol motifs (C(OH)–C–C–N with tert-alkyl or cyclic N) is 1. The largest absolute Gasteiger partial charge is 0.491 e. The van der Waals surface area contributed by atoms with Gasteiger partial charge in [-0.05, 0) is 51.3 Å². The van der Waals surface area contributed by atoms with Crippen LogP contribution < -0.4 is 4.74 Å². The van der Waals surface area contributed by atoms with Gasteiger partial charge in [0.2, 0.25) is 0 Å². The minimum atomic E-state index is -0.411. The highest BCUT2D eigenvalue weighted by Gasteiger charge is 2.25. The van der Waals surface area contributed by atoms with E-state index in [0.717, 1.165) is 25.9 Å². The zero-order chi connectivity index (χ0) is 17.6. The smallest absolute Gasteiger partial charge is 0.257 e. The fourth-order valence-electron chi connectivity index (χ4n) is 3.84. The van der Waals surface area contributed by atoms with Crippen LogP contribution in [0.2, 0.25) is 0 Å². The Bertz CT molecular complexity index is 578. The summed E-state index contributed by atoms with van der Waals surface area (Å²) in [5.74, 6) is 0.609. The van der Waals surface area contributed by atoms with Gasteiger partial charge in [0.1, 0.15) is 12.4 Å². The third-order valence-electron chi connectivity index (χ3n) is 5.38. The molecule has 138 valence electrons. The standard InChI is InChI=1S/C20H30N2O3/c1-16-7-4-5-11-21(16)13-14-25-19-10-3-2-9-18(19)20(24)22-12-6-8-17(23)15-22/h2-3,9-10,16-17,23H,4-8,11-15H2,1H3. The average molecular weight is 346 g/mol. The van der Waals surface area contributed by atoms with E-state index >= 15 is 0 Å². The molecule has 2 aliphatic rings. The Balaban J connectivity index is 1.59. The number of likely N-dealkylation sites (tertiary alicyclic amines) is 2. The van der Waals surface area contributed by atoms with Crippen molar-refractivity contribution in [1.29, 1.82) is 0 Å². The summed E-state index contributed by atoms with van der Waals surface area (Å²) in [6.07, 6.45) is 5.05. The van der Waals surface area contributed by atoms with Crippen molar-refractivity contribution in [3.63, 3.8) is 0 Å². The maximum Gasteiger partial charge on any atom is 0.257 e. The van der Waals surface area contributed by atoms with Crippen molar-refractivity contribution in [2.75, 3.05) is 32.8 Å². The number of amides is 1. The van der Waals surface area contributed by atoms with Crippen molar-refractivity contribution >= 4 is 5.91 Å². The molecule has 1 N–H and O–H groups in total. The van der Waals surface area contributed by atoms with Crippen molar-refractivity contribution in [2.45, 2.75) is 51.2 Å². The first kappa shape index (κ1) is 18.2. The fraction of sp³-hybridized carbons (Fsp3) is 0.650. The lowest BCUT2D eigenvalue weighted by Gasteiger charge is -2.33. The number of rotatable bonds is 5. The number of para-hydroxylation sites is 1. The second kappa shape index (κ2) is 8.68. The summed E-state index contributed by atoms with van der Waals surface area (Å²) < 4.78 is 5.98. The van der Waals surface area contributed by atoms with E-state index in [1.54, 1.807) is 4.90 Å². The Morgan fingerprint density at radius 1 is 1.20 bits per heavy atom. The number of ether oxygens (including phenoxy) is 1. The molecule has 3 rings (SSSR count).